The third-order valence-corrected chi connectivity index (χ3v) is 3.71. The van der Waals surface area contributed by atoms with Crippen molar-refractivity contribution >= 4 is 11.9 Å². The number of nitrogens with zero attached hydrogens (tertiary/aromatic N) is 1. The first kappa shape index (κ1) is 13.4. The number of amides is 1. The van der Waals surface area contributed by atoms with Gasteiger partial charge in [0.2, 0.25) is 0 Å². The zero-order valence-electron chi connectivity index (χ0n) is 11.6. The van der Waals surface area contributed by atoms with E-state index in [2.05, 4.69) is 0 Å². The zero-order chi connectivity index (χ0) is 13.3. The molecule has 1 amide bonds. The van der Waals surface area contributed by atoms with Gasteiger partial charge in [0.05, 0.1) is 6.04 Å². The van der Waals surface area contributed by atoms with Crippen molar-refractivity contribution in [1.82, 2.24) is 4.90 Å². The standard InChI is InChI=1S/C14H23NO3/c1-14(2,3)18-13(17)15-9-5-7-10-6-4-8-11(16)12(10)15/h10,12H,4-9H2,1-3H3/t10-,12+/m1/s1. The molecule has 2 fully saturated rings. The first-order chi connectivity index (χ1) is 8.38. The molecule has 2 atom stereocenters. The Kier molecular flexibility index (Phi) is 3.64. The molecule has 102 valence electrons. The SMILES string of the molecule is CC(C)(C)OC(=O)N1CCC[C@H]2CCCC(=O)[C@H]21. The predicted octanol–water partition coefficient (Wildman–Crippen LogP) is 2.76. The van der Waals surface area contributed by atoms with E-state index in [1.165, 1.54) is 0 Å². The van der Waals surface area contributed by atoms with E-state index < -0.39 is 5.60 Å². The van der Waals surface area contributed by atoms with E-state index in [0.717, 1.165) is 25.7 Å². The zero-order valence-corrected chi connectivity index (χ0v) is 11.6. The molecule has 0 aromatic rings. The molecule has 4 nitrogen and oxygen atoms in total. The molecule has 1 saturated carbocycles. The molecule has 0 aromatic heterocycles. The molecule has 0 spiro atoms. The fourth-order valence-corrected chi connectivity index (χ4v) is 3.03. The van der Waals surface area contributed by atoms with Crippen molar-refractivity contribution in [3.63, 3.8) is 0 Å². The Morgan fingerprint density at radius 2 is 1.94 bits per heavy atom. The largest absolute Gasteiger partial charge is 0.444 e. The van der Waals surface area contributed by atoms with Gasteiger partial charge in [-0.25, -0.2) is 4.79 Å². The van der Waals surface area contributed by atoms with E-state index in [9.17, 15) is 9.59 Å². The minimum atomic E-state index is -0.498. The van der Waals surface area contributed by atoms with E-state index in [-0.39, 0.29) is 17.9 Å². The number of Topliss-reactive ketones (excluding diaryl/α,β-unsaturated/α-hetero) is 1. The average Bonchev–Trinajstić information content (AvgIpc) is 2.26. The van der Waals surface area contributed by atoms with Crippen LogP contribution in [0.15, 0.2) is 0 Å². The summed E-state index contributed by atoms with van der Waals surface area (Å²) in [5, 5.41) is 0. The maximum atomic E-state index is 12.2. The van der Waals surface area contributed by atoms with E-state index in [0.29, 0.717) is 18.9 Å². The van der Waals surface area contributed by atoms with E-state index >= 15 is 0 Å². The maximum Gasteiger partial charge on any atom is 0.410 e. The number of rotatable bonds is 0. The van der Waals surface area contributed by atoms with Crippen LogP contribution in [-0.2, 0) is 9.53 Å². The highest BCUT2D eigenvalue weighted by Gasteiger charge is 2.42. The Morgan fingerprint density at radius 3 is 2.61 bits per heavy atom. The lowest BCUT2D eigenvalue weighted by Crippen LogP contribution is -2.55. The van der Waals surface area contributed by atoms with Gasteiger partial charge >= 0.3 is 6.09 Å². The van der Waals surface area contributed by atoms with Crippen LogP contribution >= 0.6 is 0 Å². The van der Waals surface area contributed by atoms with Crippen LogP contribution in [0.3, 0.4) is 0 Å². The lowest BCUT2D eigenvalue weighted by atomic mass is 9.78. The van der Waals surface area contributed by atoms with Crippen LogP contribution in [0.2, 0.25) is 0 Å². The maximum absolute atomic E-state index is 12.2. The third-order valence-electron chi connectivity index (χ3n) is 3.71. The van der Waals surface area contributed by atoms with Gasteiger partial charge in [0.1, 0.15) is 5.60 Å². The summed E-state index contributed by atoms with van der Waals surface area (Å²) in [6, 6.07) is -0.220. The summed E-state index contributed by atoms with van der Waals surface area (Å²) in [5.74, 6) is 0.573. The number of carbonyl (C=O) groups is 2. The third kappa shape index (κ3) is 2.85. The molecule has 18 heavy (non-hydrogen) atoms. The van der Waals surface area contributed by atoms with Crippen molar-refractivity contribution in [1.29, 1.82) is 0 Å². The number of carbonyl (C=O) groups excluding carboxylic acids is 2. The summed E-state index contributed by atoms with van der Waals surface area (Å²) in [6.07, 6.45) is 4.37. The van der Waals surface area contributed by atoms with E-state index in [1.807, 2.05) is 20.8 Å². The van der Waals surface area contributed by atoms with Crippen molar-refractivity contribution in [2.24, 2.45) is 5.92 Å². The fourth-order valence-electron chi connectivity index (χ4n) is 3.03. The molecule has 0 N–H and O–H groups in total. The molecule has 1 aliphatic carbocycles. The summed E-state index contributed by atoms with van der Waals surface area (Å²) in [6.45, 7) is 6.22. The van der Waals surface area contributed by atoms with Gasteiger partial charge in [0.25, 0.3) is 0 Å². The minimum Gasteiger partial charge on any atom is -0.444 e. The van der Waals surface area contributed by atoms with Crippen LogP contribution in [0, 0.1) is 5.92 Å². The van der Waals surface area contributed by atoms with Crippen LogP contribution in [0.1, 0.15) is 52.9 Å². The molecule has 1 aliphatic heterocycles. The van der Waals surface area contributed by atoms with E-state index in [4.69, 9.17) is 4.74 Å². The molecule has 0 bridgehead atoms. The molecular formula is C14H23NO3. The van der Waals surface area contributed by atoms with Gasteiger partial charge in [-0.15, -0.1) is 0 Å². The summed E-state index contributed by atoms with van der Waals surface area (Å²) >= 11 is 0. The highest BCUT2D eigenvalue weighted by Crippen LogP contribution is 2.34. The number of piperidine rings is 1. The fraction of sp³-hybridized carbons (Fsp3) is 0.857. The van der Waals surface area contributed by atoms with Crippen LogP contribution in [0.25, 0.3) is 0 Å². The Balaban J connectivity index is 2.10. The lowest BCUT2D eigenvalue weighted by molar-refractivity contribution is -0.130. The molecule has 0 radical (unpaired) electrons. The van der Waals surface area contributed by atoms with Gasteiger partial charge < -0.3 is 4.74 Å². The second kappa shape index (κ2) is 4.90. The second-order valence-corrected chi connectivity index (χ2v) is 6.38. The van der Waals surface area contributed by atoms with Gasteiger partial charge in [-0.1, -0.05) is 0 Å². The first-order valence-corrected chi connectivity index (χ1v) is 6.91. The topological polar surface area (TPSA) is 46.6 Å². The van der Waals surface area contributed by atoms with Crippen LogP contribution in [-0.4, -0.2) is 35.0 Å². The highest BCUT2D eigenvalue weighted by molar-refractivity contribution is 5.88. The van der Waals surface area contributed by atoms with Gasteiger partial charge in [0.15, 0.2) is 5.78 Å². The number of ketones is 1. The smallest absolute Gasteiger partial charge is 0.410 e. The molecule has 1 saturated heterocycles. The highest BCUT2D eigenvalue weighted by atomic mass is 16.6. The van der Waals surface area contributed by atoms with Crippen LogP contribution < -0.4 is 0 Å². The monoisotopic (exact) mass is 253 g/mol. The molecule has 2 aliphatic rings. The van der Waals surface area contributed by atoms with E-state index in [1.54, 1.807) is 4.90 Å². The Hall–Kier alpha value is -1.06. The first-order valence-electron chi connectivity index (χ1n) is 6.91. The average molecular weight is 253 g/mol. The molecule has 4 heteroatoms. The van der Waals surface area contributed by atoms with Crippen LogP contribution in [0.5, 0.6) is 0 Å². The Labute approximate surface area is 109 Å². The summed E-state index contributed by atoms with van der Waals surface area (Å²) in [5.41, 5.74) is -0.498. The summed E-state index contributed by atoms with van der Waals surface area (Å²) in [4.78, 5) is 25.9. The Bertz CT molecular complexity index is 343. The van der Waals surface area contributed by atoms with Crippen molar-refractivity contribution in [2.45, 2.75) is 64.5 Å². The number of likely N-dealkylation sites (tertiary alicyclic amines) is 1. The van der Waals surface area contributed by atoms with Crippen molar-refractivity contribution in [3.8, 4) is 0 Å². The van der Waals surface area contributed by atoms with Gasteiger partial charge in [-0.05, 0) is 52.4 Å². The number of ether oxygens (including phenoxy) is 1. The molecule has 0 aromatic carbocycles. The lowest BCUT2D eigenvalue weighted by Gasteiger charge is -2.42. The number of hydrogen-bond donors (Lipinski definition) is 0. The molecule has 0 unspecified atom stereocenters. The normalized spacial score (nSPS) is 28.8. The summed E-state index contributed by atoms with van der Waals surface area (Å²) in [7, 11) is 0. The van der Waals surface area contributed by atoms with Gasteiger partial charge in [0, 0.05) is 13.0 Å². The van der Waals surface area contributed by atoms with Gasteiger partial charge in [-0.3, -0.25) is 9.69 Å². The minimum absolute atomic E-state index is 0.219. The quantitative estimate of drug-likeness (QED) is 0.667. The predicted molar refractivity (Wildman–Crippen MR) is 68.3 cm³/mol. The second-order valence-electron chi connectivity index (χ2n) is 6.38. The Morgan fingerprint density at radius 1 is 1.28 bits per heavy atom. The molecule has 1 heterocycles. The number of fused-ring (bicyclic) bond motifs is 1. The van der Waals surface area contributed by atoms with Gasteiger partial charge in [-0.2, -0.15) is 0 Å². The molecular weight excluding hydrogens is 230 g/mol. The summed E-state index contributed by atoms with van der Waals surface area (Å²) < 4.78 is 5.41. The number of hydrogen-bond acceptors (Lipinski definition) is 3. The van der Waals surface area contributed by atoms with Crippen molar-refractivity contribution < 1.29 is 14.3 Å². The van der Waals surface area contributed by atoms with Crippen LogP contribution in [0.4, 0.5) is 4.79 Å². The van der Waals surface area contributed by atoms with Crippen molar-refractivity contribution in [3.05, 3.63) is 0 Å². The van der Waals surface area contributed by atoms with Crippen molar-refractivity contribution in [2.75, 3.05) is 6.54 Å². The molecule has 2 rings (SSSR count).